The molecule has 0 amide bonds. The van der Waals surface area contributed by atoms with Crippen LogP contribution in [0.1, 0.15) is 31.2 Å². The van der Waals surface area contributed by atoms with Gasteiger partial charge < -0.3 is 4.74 Å². The highest BCUT2D eigenvalue weighted by Crippen LogP contribution is 2.27. The van der Waals surface area contributed by atoms with Gasteiger partial charge in [-0.2, -0.15) is 0 Å². The molecule has 1 saturated heterocycles. The van der Waals surface area contributed by atoms with E-state index in [4.69, 9.17) is 4.74 Å². The Morgan fingerprint density at radius 3 is 2.44 bits per heavy atom. The quantitative estimate of drug-likeness (QED) is 0.772. The van der Waals surface area contributed by atoms with E-state index >= 15 is 0 Å². The van der Waals surface area contributed by atoms with Crippen molar-refractivity contribution >= 4 is 12.0 Å². The average Bonchev–Trinajstić information content (AvgIpc) is 2.54. The molecule has 1 atom stereocenters. The number of nitrogens with one attached hydrogen (secondary N) is 1. The smallest absolute Gasteiger partial charge is 0.327 e. The molecule has 3 nitrogen and oxygen atoms in total. The lowest BCUT2D eigenvalue weighted by molar-refractivity contribution is -0.144. The topological polar surface area (TPSA) is 38.3 Å². The molecule has 1 aliphatic rings. The third-order valence-corrected chi connectivity index (χ3v) is 2.70. The third-order valence-electron chi connectivity index (χ3n) is 2.70. The molecule has 0 aromatic heterocycles. The van der Waals surface area contributed by atoms with Crippen LogP contribution < -0.4 is 5.32 Å². The second kappa shape index (κ2) is 3.76. The first-order valence-corrected chi connectivity index (χ1v) is 5.24. The van der Waals surface area contributed by atoms with Gasteiger partial charge in [-0.15, -0.1) is 0 Å². The minimum absolute atomic E-state index is 0.217. The molecule has 1 aromatic rings. The first kappa shape index (κ1) is 10.9. The summed E-state index contributed by atoms with van der Waals surface area (Å²) < 4.78 is 5.26. The second-order valence-corrected chi connectivity index (χ2v) is 4.43. The molecule has 1 fully saturated rings. The Morgan fingerprint density at radius 2 is 2.00 bits per heavy atom. The largest absolute Gasteiger partial charge is 0.441 e. The lowest BCUT2D eigenvalue weighted by atomic mass is 10.1. The van der Waals surface area contributed by atoms with Gasteiger partial charge in [0, 0.05) is 5.56 Å². The van der Waals surface area contributed by atoms with Crippen molar-refractivity contribution < 1.29 is 9.53 Å². The van der Waals surface area contributed by atoms with Gasteiger partial charge in [-0.25, -0.2) is 0 Å². The van der Waals surface area contributed by atoms with E-state index in [0.29, 0.717) is 0 Å². The fraction of sp³-hybridized carbons (Fsp3) is 0.308. The number of hydrogen-bond donors (Lipinski definition) is 1. The molecule has 0 aliphatic carbocycles. The van der Waals surface area contributed by atoms with E-state index in [-0.39, 0.29) is 12.2 Å². The SMILES string of the molecule is C=Cc1ccc(C2NC(C)(C)C(=O)O2)cc1. The highest BCUT2D eigenvalue weighted by Gasteiger charge is 2.41. The predicted molar refractivity (Wildman–Crippen MR) is 62.6 cm³/mol. The van der Waals surface area contributed by atoms with Crippen LogP contribution in [0.25, 0.3) is 6.08 Å². The van der Waals surface area contributed by atoms with E-state index < -0.39 is 5.54 Å². The molecule has 2 rings (SSSR count). The van der Waals surface area contributed by atoms with Gasteiger partial charge in [0.1, 0.15) is 5.54 Å². The normalized spacial score (nSPS) is 22.9. The molecular formula is C13H15NO2. The van der Waals surface area contributed by atoms with Gasteiger partial charge in [-0.05, 0) is 19.4 Å². The molecule has 1 N–H and O–H groups in total. The van der Waals surface area contributed by atoms with E-state index in [1.165, 1.54) is 0 Å². The van der Waals surface area contributed by atoms with Gasteiger partial charge in [0.25, 0.3) is 0 Å². The summed E-state index contributed by atoms with van der Waals surface area (Å²) in [4.78, 5) is 11.5. The third kappa shape index (κ3) is 1.86. The van der Waals surface area contributed by atoms with Crippen LogP contribution in [-0.4, -0.2) is 11.5 Å². The maximum atomic E-state index is 11.5. The van der Waals surface area contributed by atoms with Crippen LogP contribution >= 0.6 is 0 Å². The van der Waals surface area contributed by atoms with Crippen molar-refractivity contribution in [3.8, 4) is 0 Å². The van der Waals surface area contributed by atoms with Crippen LogP contribution in [0.4, 0.5) is 0 Å². The lowest BCUT2D eigenvalue weighted by Crippen LogP contribution is -2.39. The standard InChI is InChI=1S/C13H15NO2/c1-4-9-5-7-10(8-6-9)11-14-13(2,3)12(15)16-11/h4-8,11,14H,1H2,2-3H3. The summed E-state index contributed by atoms with van der Waals surface area (Å²) in [5.41, 5.74) is 1.39. The van der Waals surface area contributed by atoms with Gasteiger partial charge in [-0.3, -0.25) is 10.1 Å². The Labute approximate surface area is 95.1 Å². The Balaban J connectivity index is 2.20. The maximum Gasteiger partial charge on any atom is 0.327 e. The fourth-order valence-corrected chi connectivity index (χ4v) is 1.63. The van der Waals surface area contributed by atoms with Crippen molar-refractivity contribution in [2.75, 3.05) is 0 Å². The van der Waals surface area contributed by atoms with E-state index in [9.17, 15) is 4.79 Å². The zero-order valence-electron chi connectivity index (χ0n) is 9.49. The molecule has 0 saturated carbocycles. The molecule has 1 aromatic carbocycles. The van der Waals surface area contributed by atoms with Crippen LogP contribution in [-0.2, 0) is 9.53 Å². The fourth-order valence-electron chi connectivity index (χ4n) is 1.63. The molecule has 16 heavy (non-hydrogen) atoms. The minimum atomic E-state index is -0.609. The summed E-state index contributed by atoms with van der Waals surface area (Å²) in [6.45, 7) is 7.32. The minimum Gasteiger partial charge on any atom is -0.441 e. The number of rotatable bonds is 2. The van der Waals surface area contributed by atoms with Crippen molar-refractivity contribution in [3.63, 3.8) is 0 Å². The summed E-state index contributed by atoms with van der Waals surface area (Å²) in [5.74, 6) is -0.217. The second-order valence-electron chi connectivity index (χ2n) is 4.43. The van der Waals surface area contributed by atoms with Gasteiger partial charge >= 0.3 is 5.97 Å². The van der Waals surface area contributed by atoms with Crippen LogP contribution in [0.2, 0.25) is 0 Å². The molecule has 0 spiro atoms. The zero-order chi connectivity index (χ0) is 11.8. The van der Waals surface area contributed by atoms with Crippen molar-refractivity contribution in [1.82, 2.24) is 5.32 Å². The molecule has 0 radical (unpaired) electrons. The Morgan fingerprint density at radius 1 is 1.38 bits per heavy atom. The van der Waals surface area contributed by atoms with Gasteiger partial charge in [0.2, 0.25) is 0 Å². The summed E-state index contributed by atoms with van der Waals surface area (Å²) in [6.07, 6.45) is 1.43. The lowest BCUT2D eigenvalue weighted by Gasteiger charge is -2.14. The molecule has 3 heteroatoms. The first-order chi connectivity index (χ1) is 7.53. The number of carbonyl (C=O) groups is 1. The van der Waals surface area contributed by atoms with Crippen LogP contribution in [0.3, 0.4) is 0 Å². The highest BCUT2D eigenvalue weighted by molar-refractivity contribution is 5.82. The van der Waals surface area contributed by atoms with Gasteiger partial charge in [0.15, 0.2) is 6.23 Å². The molecule has 84 valence electrons. The van der Waals surface area contributed by atoms with Crippen molar-refractivity contribution in [1.29, 1.82) is 0 Å². The zero-order valence-corrected chi connectivity index (χ0v) is 9.49. The number of benzene rings is 1. The number of hydrogen-bond acceptors (Lipinski definition) is 3. The number of ether oxygens (including phenoxy) is 1. The Bertz CT molecular complexity index is 420. The summed E-state index contributed by atoms with van der Waals surface area (Å²) >= 11 is 0. The van der Waals surface area contributed by atoms with E-state index in [0.717, 1.165) is 11.1 Å². The van der Waals surface area contributed by atoms with Crippen molar-refractivity contribution in [2.45, 2.75) is 25.6 Å². The summed E-state index contributed by atoms with van der Waals surface area (Å²) in [5, 5.41) is 3.14. The van der Waals surface area contributed by atoms with Crippen LogP contribution in [0.15, 0.2) is 30.8 Å². The highest BCUT2D eigenvalue weighted by atomic mass is 16.6. The van der Waals surface area contributed by atoms with Gasteiger partial charge in [-0.1, -0.05) is 36.9 Å². The first-order valence-electron chi connectivity index (χ1n) is 5.24. The van der Waals surface area contributed by atoms with E-state index in [2.05, 4.69) is 11.9 Å². The number of esters is 1. The van der Waals surface area contributed by atoms with E-state index in [1.54, 1.807) is 6.08 Å². The summed E-state index contributed by atoms with van der Waals surface area (Å²) in [7, 11) is 0. The van der Waals surface area contributed by atoms with Crippen LogP contribution in [0, 0.1) is 0 Å². The monoisotopic (exact) mass is 217 g/mol. The molecular weight excluding hydrogens is 202 g/mol. The number of carbonyl (C=O) groups excluding carboxylic acids is 1. The van der Waals surface area contributed by atoms with E-state index in [1.807, 2.05) is 38.1 Å². The summed E-state index contributed by atoms with van der Waals surface area (Å²) in [6, 6.07) is 7.76. The Kier molecular flexibility index (Phi) is 2.56. The molecule has 1 unspecified atom stereocenters. The Hall–Kier alpha value is -1.61. The maximum absolute atomic E-state index is 11.5. The van der Waals surface area contributed by atoms with Crippen molar-refractivity contribution in [2.24, 2.45) is 0 Å². The average molecular weight is 217 g/mol. The van der Waals surface area contributed by atoms with Crippen molar-refractivity contribution in [3.05, 3.63) is 42.0 Å². The van der Waals surface area contributed by atoms with Gasteiger partial charge in [0.05, 0.1) is 0 Å². The molecule has 1 aliphatic heterocycles. The molecule has 0 bridgehead atoms. The number of cyclic esters (lactones) is 1. The predicted octanol–water partition coefficient (Wildman–Crippen LogP) is 2.25. The molecule has 1 heterocycles. The van der Waals surface area contributed by atoms with Crippen LogP contribution in [0.5, 0.6) is 0 Å².